The molecule has 0 radical (unpaired) electrons. The van der Waals surface area contributed by atoms with Gasteiger partial charge in [0, 0.05) is 5.56 Å². The molecule has 0 bridgehead atoms. The lowest BCUT2D eigenvalue weighted by molar-refractivity contribution is -0.118. The van der Waals surface area contributed by atoms with Crippen LogP contribution in [0.2, 0.25) is 0 Å². The molecule has 0 unspecified atom stereocenters. The molecule has 28 heavy (non-hydrogen) atoms. The molecule has 144 valence electrons. The van der Waals surface area contributed by atoms with E-state index in [-0.39, 0.29) is 19.1 Å². The SMILES string of the molecule is CCOC(=O)Nc1nc(-c2ccccc2)c(NC(=O)COc2ccccc2)s1. The molecule has 0 aliphatic heterocycles. The number of carbonyl (C=O) groups excluding carboxylic acids is 2. The van der Waals surface area contributed by atoms with E-state index in [1.54, 1.807) is 19.1 Å². The standard InChI is InChI=1S/C20H19N3O4S/c1-2-26-20(25)23-19-22-17(14-9-5-3-6-10-14)18(28-19)21-16(24)13-27-15-11-7-4-8-12-15/h3-12H,2,13H2,1H3,(H,21,24)(H,22,23,25). The number of nitrogens with zero attached hydrogens (tertiary/aromatic N) is 1. The molecule has 0 aliphatic carbocycles. The third-order valence-electron chi connectivity index (χ3n) is 3.52. The Kier molecular flexibility index (Phi) is 6.59. The van der Waals surface area contributed by atoms with Gasteiger partial charge in [-0.3, -0.25) is 10.1 Å². The van der Waals surface area contributed by atoms with Crippen molar-refractivity contribution >= 4 is 33.5 Å². The predicted molar refractivity (Wildman–Crippen MR) is 109 cm³/mol. The highest BCUT2D eigenvalue weighted by atomic mass is 32.1. The summed E-state index contributed by atoms with van der Waals surface area (Å²) >= 11 is 1.15. The van der Waals surface area contributed by atoms with E-state index in [0.717, 1.165) is 16.9 Å². The molecule has 2 aromatic carbocycles. The summed E-state index contributed by atoms with van der Waals surface area (Å²) in [4.78, 5) is 28.4. The van der Waals surface area contributed by atoms with Gasteiger partial charge in [0.2, 0.25) is 0 Å². The van der Waals surface area contributed by atoms with Crippen LogP contribution in [-0.4, -0.2) is 30.2 Å². The minimum absolute atomic E-state index is 0.142. The summed E-state index contributed by atoms with van der Waals surface area (Å²) in [6, 6.07) is 18.5. The van der Waals surface area contributed by atoms with Crippen molar-refractivity contribution in [3.63, 3.8) is 0 Å². The number of amides is 2. The molecule has 2 amide bonds. The second-order valence-electron chi connectivity index (χ2n) is 5.56. The zero-order valence-corrected chi connectivity index (χ0v) is 16.0. The van der Waals surface area contributed by atoms with Crippen LogP contribution in [0.5, 0.6) is 5.75 Å². The average Bonchev–Trinajstić information content (AvgIpc) is 3.10. The molecule has 8 heteroatoms. The molecular formula is C20H19N3O4S. The van der Waals surface area contributed by atoms with E-state index in [1.165, 1.54) is 0 Å². The molecule has 0 spiro atoms. The first-order chi connectivity index (χ1) is 13.7. The minimum atomic E-state index is -0.596. The van der Waals surface area contributed by atoms with Gasteiger partial charge in [0.05, 0.1) is 6.61 Å². The quantitative estimate of drug-likeness (QED) is 0.617. The lowest BCUT2D eigenvalue weighted by Crippen LogP contribution is -2.19. The van der Waals surface area contributed by atoms with Crippen LogP contribution in [0.4, 0.5) is 14.9 Å². The number of para-hydroxylation sites is 1. The van der Waals surface area contributed by atoms with Crippen molar-refractivity contribution in [3.8, 4) is 17.0 Å². The summed E-state index contributed by atoms with van der Waals surface area (Å²) in [5, 5.41) is 6.22. The van der Waals surface area contributed by atoms with E-state index in [2.05, 4.69) is 15.6 Å². The van der Waals surface area contributed by atoms with Gasteiger partial charge in [0.25, 0.3) is 5.91 Å². The lowest BCUT2D eigenvalue weighted by atomic mass is 10.2. The van der Waals surface area contributed by atoms with Gasteiger partial charge in [0.15, 0.2) is 11.7 Å². The molecule has 0 saturated heterocycles. The Morgan fingerprint density at radius 3 is 2.36 bits per heavy atom. The van der Waals surface area contributed by atoms with E-state index in [1.807, 2.05) is 48.5 Å². The summed E-state index contributed by atoms with van der Waals surface area (Å²) in [7, 11) is 0. The zero-order valence-electron chi connectivity index (χ0n) is 15.2. The Labute approximate surface area is 166 Å². The normalized spacial score (nSPS) is 10.2. The molecule has 0 atom stereocenters. The molecule has 1 heterocycles. The van der Waals surface area contributed by atoms with Gasteiger partial charge in [-0.25, -0.2) is 9.78 Å². The Bertz CT molecular complexity index is 929. The summed E-state index contributed by atoms with van der Waals surface area (Å²) in [6.07, 6.45) is -0.596. The number of hydrogen-bond donors (Lipinski definition) is 2. The molecule has 0 saturated carbocycles. The number of hydrogen-bond acceptors (Lipinski definition) is 6. The highest BCUT2D eigenvalue weighted by Gasteiger charge is 2.17. The fourth-order valence-electron chi connectivity index (χ4n) is 2.33. The monoisotopic (exact) mass is 397 g/mol. The lowest BCUT2D eigenvalue weighted by Gasteiger charge is -2.07. The van der Waals surface area contributed by atoms with Crippen LogP contribution in [0.1, 0.15) is 6.92 Å². The van der Waals surface area contributed by atoms with Crippen LogP contribution >= 0.6 is 11.3 Å². The second-order valence-corrected chi connectivity index (χ2v) is 6.56. The van der Waals surface area contributed by atoms with Gasteiger partial charge in [0.1, 0.15) is 16.4 Å². The molecule has 2 N–H and O–H groups in total. The number of carbonyl (C=O) groups is 2. The minimum Gasteiger partial charge on any atom is -0.484 e. The summed E-state index contributed by atoms with van der Waals surface area (Å²) in [6.45, 7) is 1.83. The largest absolute Gasteiger partial charge is 0.484 e. The molecule has 1 aromatic heterocycles. The number of ether oxygens (including phenoxy) is 2. The van der Waals surface area contributed by atoms with E-state index in [4.69, 9.17) is 9.47 Å². The van der Waals surface area contributed by atoms with Gasteiger partial charge in [-0.05, 0) is 19.1 Å². The molecular weight excluding hydrogens is 378 g/mol. The van der Waals surface area contributed by atoms with Crippen molar-refractivity contribution in [1.29, 1.82) is 0 Å². The van der Waals surface area contributed by atoms with Crippen molar-refractivity contribution in [2.24, 2.45) is 0 Å². The maximum Gasteiger partial charge on any atom is 0.413 e. The number of thiazole rings is 1. The number of aromatic nitrogens is 1. The second kappa shape index (κ2) is 9.52. The summed E-state index contributed by atoms with van der Waals surface area (Å²) < 4.78 is 10.3. The fourth-order valence-corrected chi connectivity index (χ4v) is 3.22. The van der Waals surface area contributed by atoms with Crippen LogP contribution in [0, 0.1) is 0 Å². The van der Waals surface area contributed by atoms with Crippen LogP contribution in [0.15, 0.2) is 60.7 Å². The van der Waals surface area contributed by atoms with Gasteiger partial charge in [-0.2, -0.15) is 0 Å². The third-order valence-corrected chi connectivity index (χ3v) is 4.41. The average molecular weight is 397 g/mol. The number of benzene rings is 2. The maximum absolute atomic E-state index is 12.3. The van der Waals surface area contributed by atoms with Crippen molar-refractivity contribution in [2.45, 2.75) is 6.92 Å². The van der Waals surface area contributed by atoms with Crippen molar-refractivity contribution in [2.75, 3.05) is 23.8 Å². The van der Waals surface area contributed by atoms with Crippen molar-refractivity contribution < 1.29 is 19.1 Å². The van der Waals surface area contributed by atoms with Crippen molar-refractivity contribution in [3.05, 3.63) is 60.7 Å². The molecule has 3 rings (SSSR count). The van der Waals surface area contributed by atoms with E-state index in [0.29, 0.717) is 21.6 Å². The molecule has 3 aromatic rings. The Morgan fingerprint density at radius 2 is 1.68 bits per heavy atom. The Morgan fingerprint density at radius 1 is 1.00 bits per heavy atom. The summed E-state index contributed by atoms with van der Waals surface area (Å²) in [5.41, 5.74) is 1.38. The smallest absolute Gasteiger partial charge is 0.413 e. The molecule has 0 aliphatic rings. The van der Waals surface area contributed by atoms with Gasteiger partial charge >= 0.3 is 6.09 Å². The zero-order chi connectivity index (χ0) is 19.8. The molecule has 0 fully saturated rings. The van der Waals surface area contributed by atoms with Gasteiger partial charge in [-0.1, -0.05) is 59.9 Å². The first-order valence-corrected chi connectivity index (χ1v) is 9.45. The third kappa shape index (κ3) is 5.31. The van der Waals surface area contributed by atoms with Crippen LogP contribution < -0.4 is 15.4 Å². The van der Waals surface area contributed by atoms with Gasteiger partial charge < -0.3 is 14.8 Å². The number of rotatable bonds is 7. The first-order valence-electron chi connectivity index (χ1n) is 8.63. The topological polar surface area (TPSA) is 89.5 Å². The van der Waals surface area contributed by atoms with Crippen LogP contribution in [0.25, 0.3) is 11.3 Å². The molecule has 7 nitrogen and oxygen atoms in total. The number of nitrogens with one attached hydrogen (secondary N) is 2. The first kappa shape index (κ1) is 19.4. The fraction of sp³-hybridized carbons (Fsp3) is 0.150. The summed E-state index contributed by atoms with van der Waals surface area (Å²) in [5.74, 6) is 0.280. The van der Waals surface area contributed by atoms with Gasteiger partial charge in [-0.15, -0.1) is 0 Å². The highest BCUT2D eigenvalue weighted by molar-refractivity contribution is 7.20. The Hall–Kier alpha value is -3.39. The van der Waals surface area contributed by atoms with E-state index in [9.17, 15) is 9.59 Å². The number of anilines is 2. The maximum atomic E-state index is 12.3. The van der Waals surface area contributed by atoms with Crippen LogP contribution in [-0.2, 0) is 9.53 Å². The highest BCUT2D eigenvalue weighted by Crippen LogP contribution is 2.35. The van der Waals surface area contributed by atoms with Crippen LogP contribution in [0.3, 0.4) is 0 Å². The van der Waals surface area contributed by atoms with E-state index >= 15 is 0 Å². The van der Waals surface area contributed by atoms with E-state index < -0.39 is 6.09 Å². The van der Waals surface area contributed by atoms with Crippen molar-refractivity contribution in [1.82, 2.24) is 4.98 Å². The predicted octanol–water partition coefficient (Wildman–Crippen LogP) is 4.40. The Balaban J connectivity index is 1.75.